The molecule has 42 heavy (non-hydrogen) atoms. The zero-order chi connectivity index (χ0) is 28.1. The standard InChI is InChI=1S/C39H55N2P/c1-5-19-34(20-6-1)41(35-21-7-2-8-22-35)28-32-17-13-15-30-27-31-16-14-18-33(39(31)40-38(30)32)29-42(36-23-9-3-10-24-36)37-25-11-4-12-26-37/h13-18,27,34-37H,1-12,19-26,28-29H2. The second kappa shape index (κ2) is 14.1. The molecule has 3 aromatic rings. The van der Waals surface area contributed by atoms with Crippen LogP contribution in [0.25, 0.3) is 21.8 Å². The van der Waals surface area contributed by atoms with Crippen molar-refractivity contribution in [3.8, 4) is 0 Å². The smallest absolute Gasteiger partial charge is 0.0754 e. The number of hydrogen-bond donors (Lipinski definition) is 0. The number of benzene rings is 2. The molecule has 4 aliphatic rings. The average molecular weight is 583 g/mol. The van der Waals surface area contributed by atoms with Crippen molar-refractivity contribution in [3.05, 3.63) is 53.6 Å². The molecule has 226 valence electrons. The lowest BCUT2D eigenvalue weighted by molar-refractivity contribution is 0.0735. The summed E-state index contributed by atoms with van der Waals surface area (Å²) in [4.78, 5) is 8.62. The summed E-state index contributed by atoms with van der Waals surface area (Å²) >= 11 is 0. The van der Waals surface area contributed by atoms with Crippen LogP contribution in [0, 0.1) is 0 Å². The van der Waals surface area contributed by atoms with E-state index in [0.29, 0.717) is 0 Å². The second-order valence-corrected chi connectivity index (χ2v) is 17.3. The van der Waals surface area contributed by atoms with Gasteiger partial charge in [0.2, 0.25) is 0 Å². The SMILES string of the molecule is c1cc(CN(C2CCCCC2)C2CCCCC2)c2nc3c(CP(C4CCCCC4)C4CCCCC4)cccc3cc2c1. The van der Waals surface area contributed by atoms with E-state index < -0.39 is 0 Å². The first-order chi connectivity index (χ1) is 20.8. The summed E-state index contributed by atoms with van der Waals surface area (Å²) in [6.07, 6.45) is 30.2. The number of fused-ring (bicyclic) bond motifs is 2. The Balaban J connectivity index is 1.23. The van der Waals surface area contributed by atoms with E-state index in [2.05, 4.69) is 47.4 Å². The third-order valence-electron chi connectivity index (χ3n) is 11.7. The highest BCUT2D eigenvalue weighted by Gasteiger charge is 2.32. The zero-order valence-corrected chi connectivity index (χ0v) is 27.1. The molecule has 4 aliphatic carbocycles. The summed E-state index contributed by atoms with van der Waals surface area (Å²) in [7, 11) is 0.0229. The summed E-state index contributed by atoms with van der Waals surface area (Å²) in [6, 6.07) is 18.2. The highest BCUT2D eigenvalue weighted by atomic mass is 31.1. The van der Waals surface area contributed by atoms with E-state index in [1.807, 2.05) is 0 Å². The molecule has 2 aromatic carbocycles. The van der Waals surface area contributed by atoms with E-state index in [1.165, 1.54) is 162 Å². The molecule has 0 bridgehead atoms. The highest BCUT2D eigenvalue weighted by Crippen LogP contribution is 2.58. The predicted octanol–water partition coefficient (Wildman–Crippen LogP) is 11.5. The van der Waals surface area contributed by atoms with Gasteiger partial charge in [0, 0.05) is 29.4 Å². The lowest BCUT2D eigenvalue weighted by atomic mass is 9.88. The van der Waals surface area contributed by atoms with Gasteiger partial charge in [0.25, 0.3) is 0 Å². The zero-order valence-electron chi connectivity index (χ0n) is 26.2. The summed E-state index contributed by atoms with van der Waals surface area (Å²) in [6.45, 7) is 1.09. The van der Waals surface area contributed by atoms with Crippen LogP contribution in [0.15, 0.2) is 42.5 Å². The largest absolute Gasteiger partial charge is 0.293 e. The molecule has 0 aliphatic heterocycles. The van der Waals surface area contributed by atoms with Gasteiger partial charge in [0.1, 0.15) is 0 Å². The van der Waals surface area contributed by atoms with Gasteiger partial charge in [0.15, 0.2) is 0 Å². The molecule has 2 nitrogen and oxygen atoms in total. The third-order valence-corrected chi connectivity index (χ3v) is 15.3. The van der Waals surface area contributed by atoms with Crippen molar-refractivity contribution in [2.24, 2.45) is 0 Å². The number of rotatable bonds is 8. The van der Waals surface area contributed by atoms with Gasteiger partial charge in [-0.05, 0) is 86.0 Å². The van der Waals surface area contributed by atoms with Crippen molar-refractivity contribution in [3.63, 3.8) is 0 Å². The summed E-state index contributed by atoms with van der Waals surface area (Å²) in [5.74, 6) is 0. The van der Waals surface area contributed by atoms with Crippen LogP contribution in [0.5, 0.6) is 0 Å². The van der Waals surface area contributed by atoms with E-state index in [1.54, 1.807) is 5.56 Å². The molecule has 4 saturated carbocycles. The van der Waals surface area contributed by atoms with Crippen LogP contribution in [-0.2, 0) is 12.7 Å². The van der Waals surface area contributed by atoms with Crippen LogP contribution in [0.2, 0.25) is 0 Å². The van der Waals surface area contributed by atoms with Crippen LogP contribution >= 0.6 is 7.92 Å². The Hall–Kier alpha value is -1.50. The first kappa shape index (κ1) is 29.2. The number of aromatic nitrogens is 1. The maximum Gasteiger partial charge on any atom is 0.0754 e. The average Bonchev–Trinajstić information content (AvgIpc) is 3.07. The van der Waals surface area contributed by atoms with Crippen molar-refractivity contribution in [1.29, 1.82) is 0 Å². The Morgan fingerprint density at radius 1 is 0.548 bits per heavy atom. The fourth-order valence-electron chi connectivity index (χ4n) is 9.42. The van der Waals surface area contributed by atoms with Crippen molar-refractivity contribution >= 4 is 29.7 Å². The summed E-state index contributed by atoms with van der Waals surface area (Å²) in [5, 5.41) is 2.70. The molecule has 7 rings (SSSR count). The van der Waals surface area contributed by atoms with Gasteiger partial charge >= 0.3 is 0 Å². The lowest BCUT2D eigenvalue weighted by Crippen LogP contribution is -2.44. The molecule has 0 unspecified atom stereocenters. The van der Waals surface area contributed by atoms with Crippen LogP contribution < -0.4 is 0 Å². The van der Waals surface area contributed by atoms with Gasteiger partial charge in [0.05, 0.1) is 11.0 Å². The molecule has 3 heteroatoms. The molecule has 0 saturated heterocycles. The fourth-order valence-corrected chi connectivity index (χ4v) is 13.2. The molecule has 1 heterocycles. The van der Waals surface area contributed by atoms with Crippen molar-refractivity contribution in [1.82, 2.24) is 9.88 Å². The lowest BCUT2D eigenvalue weighted by Gasteiger charge is -2.42. The Labute approximate surface area is 257 Å². The van der Waals surface area contributed by atoms with Crippen LogP contribution in [0.1, 0.15) is 140 Å². The maximum absolute atomic E-state index is 5.65. The Kier molecular flexibility index (Phi) is 9.79. The minimum Gasteiger partial charge on any atom is -0.293 e. The van der Waals surface area contributed by atoms with Crippen LogP contribution in [-0.4, -0.2) is 33.3 Å². The van der Waals surface area contributed by atoms with E-state index in [9.17, 15) is 0 Å². The molecular weight excluding hydrogens is 527 g/mol. The molecule has 0 N–H and O–H groups in total. The summed E-state index contributed by atoms with van der Waals surface area (Å²) in [5.41, 5.74) is 7.61. The minimum atomic E-state index is 0.0229. The van der Waals surface area contributed by atoms with Crippen molar-refractivity contribution in [2.75, 3.05) is 0 Å². The quantitative estimate of drug-likeness (QED) is 0.194. The molecule has 0 radical (unpaired) electrons. The Morgan fingerprint density at radius 3 is 1.52 bits per heavy atom. The highest BCUT2D eigenvalue weighted by molar-refractivity contribution is 7.58. The predicted molar refractivity (Wildman–Crippen MR) is 183 cm³/mol. The topological polar surface area (TPSA) is 16.1 Å². The molecule has 0 amide bonds. The number of nitrogens with zero attached hydrogens (tertiary/aromatic N) is 2. The van der Waals surface area contributed by atoms with Gasteiger partial charge in [-0.25, -0.2) is 4.98 Å². The van der Waals surface area contributed by atoms with E-state index in [-0.39, 0.29) is 7.92 Å². The molecular formula is C39H55N2P. The Bertz CT molecular complexity index is 1160. The minimum absolute atomic E-state index is 0.0229. The van der Waals surface area contributed by atoms with Crippen LogP contribution in [0.4, 0.5) is 0 Å². The number of para-hydroxylation sites is 2. The van der Waals surface area contributed by atoms with E-state index in [0.717, 1.165) is 29.9 Å². The first-order valence-electron chi connectivity index (χ1n) is 18.2. The van der Waals surface area contributed by atoms with Crippen molar-refractivity contribution < 1.29 is 0 Å². The molecule has 1 aromatic heterocycles. The second-order valence-electron chi connectivity index (χ2n) is 14.5. The molecule has 4 fully saturated rings. The maximum atomic E-state index is 5.65. The van der Waals surface area contributed by atoms with Crippen LogP contribution in [0.3, 0.4) is 0 Å². The Morgan fingerprint density at radius 2 is 1.00 bits per heavy atom. The van der Waals surface area contributed by atoms with Crippen molar-refractivity contribution in [2.45, 2.75) is 165 Å². The number of hydrogen-bond acceptors (Lipinski definition) is 2. The third kappa shape index (κ3) is 6.61. The first-order valence-corrected chi connectivity index (χ1v) is 19.8. The monoisotopic (exact) mass is 582 g/mol. The molecule has 0 spiro atoms. The van der Waals surface area contributed by atoms with E-state index in [4.69, 9.17) is 4.98 Å². The van der Waals surface area contributed by atoms with Gasteiger partial charge in [-0.3, -0.25) is 4.90 Å². The van der Waals surface area contributed by atoms with Gasteiger partial charge in [-0.1, -0.05) is 121 Å². The van der Waals surface area contributed by atoms with Gasteiger partial charge in [-0.2, -0.15) is 0 Å². The van der Waals surface area contributed by atoms with E-state index >= 15 is 0 Å². The summed E-state index contributed by atoms with van der Waals surface area (Å²) < 4.78 is 0. The van der Waals surface area contributed by atoms with Gasteiger partial charge < -0.3 is 0 Å². The molecule has 0 atom stereocenters. The fraction of sp³-hybridized carbons (Fsp3) is 0.667. The normalized spacial score (nSPS) is 22.5. The van der Waals surface area contributed by atoms with Gasteiger partial charge in [-0.15, -0.1) is 0 Å². The number of pyridine rings is 1.